The highest BCUT2D eigenvalue weighted by atomic mass is 32.1. The average molecular weight is 311 g/mol. The second-order valence-corrected chi connectivity index (χ2v) is 4.65. The summed E-state index contributed by atoms with van der Waals surface area (Å²) in [6, 6.07) is 0. The molecule has 0 fully saturated rings. The molecule has 5 nitrogen and oxygen atoms in total. The standard InChI is InChI=1S/C11H12F3NO4S/c1-6-4-20-9(10(17)18-2)8(6)15-7(16)3-19-5-11(12,13)14/h4H,3,5H2,1-2H3,(H,15,16). The van der Waals surface area contributed by atoms with Gasteiger partial charge in [0.05, 0.1) is 12.8 Å². The Balaban J connectivity index is 2.62. The maximum atomic E-state index is 11.8. The van der Waals surface area contributed by atoms with Crippen molar-refractivity contribution in [1.82, 2.24) is 0 Å². The molecule has 0 aliphatic heterocycles. The van der Waals surface area contributed by atoms with Crippen LogP contribution in [0, 0.1) is 6.92 Å². The zero-order chi connectivity index (χ0) is 15.3. The van der Waals surface area contributed by atoms with Crippen LogP contribution in [-0.2, 0) is 14.3 Å². The van der Waals surface area contributed by atoms with Crippen LogP contribution in [-0.4, -0.2) is 38.4 Å². The summed E-state index contributed by atoms with van der Waals surface area (Å²) in [7, 11) is 1.19. The number of amides is 1. The predicted molar refractivity (Wildman–Crippen MR) is 65.9 cm³/mol. The molecule has 1 aromatic heterocycles. The van der Waals surface area contributed by atoms with Crippen LogP contribution < -0.4 is 5.32 Å². The van der Waals surface area contributed by atoms with Crippen molar-refractivity contribution in [2.24, 2.45) is 0 Å². The molecule has 1 amide bonds. The van der Waals surface area contributed by atoms with Crippen molar-refractivity contribution in [3.8, 4) is 0 Å². The van der Waals surface area contributed by atoms with Gasteiger partial charge in [-0.1, -0.05) is 0 Å². The van der Waals surface area contributed by atoms with Gasteiger partial charge in [-0.15, -0.1) is 11.3 Å². The minimum Gasteiger partial charge on any atom is -0.465 e. The molecule has 0 unspecified atom stereocenters. The van der Waals surface area contributed by atoms with Crippen LogP contribution in [0.25, 0.3) is 0 Å². The number of rotatable bonds is 5. The lowest BCUT2D eigenvalue weighted by Crippen LogP contribution is -2.24. The molecule has 0 atom stereocenters. The van der Waals surface area contributed by atoms with Crippen LogP contribution in [0.1, 0.15) is 15.2 Å². The Morgan fingerprint density at radius 3 is 2.60 bits per heavy atom. The highest BCUT2D eigenvalue weighted by Crippen LogP contribution is 2.28. The number of halogens is 3. The second kappa shape index (κ2) is 6.71. The van der Waals surface area contributed by atoms with Crippen LogP contribution in [0.5, 0.6) is 0 Å². The second-order valence-electron chi connectivity index (χ2n) is 3.77. The number of anilines is 1. The van der Waals surface area contributed by atoms with Crippen LogP contribution in [0.2, 0.25) is 0 Å². The number of carbonyl (C=O) groups is 2. The van der Waals surface area contributed by atoms with Crippen LogP contribution in [0.15, 0.2) is 5.38 Å². The molecular formula is C11H12F3NO4S. The molecule has 1 N–H and O–H groups in total. The number of carbonyl (C=O) groups excluding carboxylic acids is 2. The van der Waals surface area contributed by atoms with E-state index in [0.717, 1.165) is 11.3 Å². The van der Waals surface area contributed by atoms with Gasteiger partial charge in [-0.05, 0) is 17.9 Å². The molecule has 112 valence electrons. The first-order valence-corrected chi connectivity index (χ1v) is 6.23. The third-order valence-electron chi connectivity index (χ3n) is 2.11. The number of hydrogen-bond acceptors (Lipinski definition) is 5. The first-order chi connectivity index (χ1) is 9.24. The maximum Gasteiger partial charge on any atom is 0.411 e. The Hall–Kier alpha value is -1.61. The van der Waals surface area contributed by atoms with E-state index >= 15 is 0 Å². The molecule has 1 aromatic rings. The van der Waals surface area contributed by atoms with E-state index < -0.39 is 31.3 Å². The van der Waals surface area contributed by atoms with Gasteiger partial charge < -0.3 is 14.8 Å². The Labute approximate surface area is 116 Å². The molecule has 0 saturated heterocycles. The molecular weight excluding hydrogens is 299 g/mol. The van der Waals surface area contributed by atoms with Gasteiger partial charge in [0.2, 0.25) is 5.91 Å². The van der Waals surface area contributed by atoms with E-state index in [4.69, 9.17) is 0 Å². The normalized spacial score (nSPS) is 11.2. The number of esters is 1. The lowest BCUT2D eigenvalue weighted by Gasteiger charge is -2.09. The topological polar surface area (TPSA) is 64.6 Å². The van der Waals surface area contributed by atoms with Crippen molar-refractivity contribution in [3.05, 3.63) is 15.8 Å². The molecule has 0 bridgehead atoms. The SMILES string of the molecule is COC(=O)c1scc(C)c1NC(=O)COCC(F)(F)F. The summed E-state index contributed by atoms with van der Waals surface area (Å²) < 4.78 is 44.3. The van der Waals surface area contributed by atoms with E-state index in [0.29, 0.717) is 5.56 Å². The highest BCUT2D eigenvalue weighted by molar-refractivity contribution is 7.12. The molecule has 9 heteroatoms. The van der Waals surface area contributed by atoms with Gasteiger partial charge in [-0.3, -0.25) is 4.79 Å². The van der Waals surface area contributed by atoms with E-state index in [2.05, 4.69) is 14.8 Å². The Bertz CT molecular complexity index is 498. The molecule has 0 radical (unpaired) electrons. The molecule has 0 aliphatic rings. The Morgan fingerprint density at radius 1 is 1.40 bits per heavy atom. The third-order valence-corrected chi connectivity index (χ3v) is 3.19. The van der Waals surface area contributed by atoms with Gasteiger partial charge in [0.25, 0.3) is 0 Å². The lowest BCUT2D eigenvalue weighted by atomic mass is 10.2. The predicted octanol–water partition coefficient (Wildman–Crippen LogP) is 2.36. The quantitative estimate of drug-likeness (QED) is 0.848. The first-order valence-electron chi connectivity index (χ1n) is 5.35. The van der Waals surface area contributed by atoms with Crippen molar-refractivity contribution in [1.29, 1.82) is 0 Å². The minimum absolute atomic E-state index is 0.175. The summed E-state index contributed by atoms with van der Waals surface area (Å²) in [5, 5.41) is 3.96. The molecule has 20 heavy (non-hydrogen) atoms. The van der Waals surface area contributed by atoms with Gasteiger partial charge in [0.15, 0.2) is 0 Å². The number of hydrogen-bond donors (Lipinski definition) is 1. The van der Waals surface area contributed by atoms with Gasteiger partial charge in [0.1, 0.15) is 18.1 Å². The number of thiophene rings is 1. The van der Waals surface area contributed by atoms with Crippen molar-refractivity contribution < 1.29 is 32.2 Å². The van der Waals surface area contributed by atoms with Crippen molar-refractivity contribution in [2.45, 2.75) is 13.1 Å². The minimum atomic E-state index is -4.49. The summed E-state index contributed by atoms with van der Waals surface area (Å²) in [4.78, 5) is 23.1. The fraction of sp³-hybridized carbons (Fsp3) is 0.455. The lowest BCUT2D eigenvalue weighted by molar-refractivity contribution is -0.174. The Morgan fingerprint density at radius 2 is 2.05 bits per heavy atom. The van der Waals surface area contributed by atoms with Gasteiger partial charge >= 0.3 is 12.1 Å². The van der Waals surface area contributed by atoms with Crippen LogP contribution >= 0.6 is 11.3 Å². The zero-order valence-corrected chi connectivity index (χ0v) is 11.5. The maximum absolute atomic E-state index is 11.8. The average Bonchev–Trinajstić information content (AvgIpc) is 2.68. The highest BCUT2D eigenvalue weighted by Gasteiger charge is 2.28. The van der Waals surface area contributed by atoms with E-state index in [9.17, 15) is 22.8 Å². The largest absolute Gasteiger partial charge is 0.465 e. The number of aryl methyl sites for hydroxylation is 1. The van der Waals surface area contributed by atoms with E-state index in [1.807, 2.05) is 0 Å². The monoisotopic (exact) mass is 311 g/mol. The first kappa shape index (κ1) is 16.4. The third kappa shape index (κ3) is 4.82. The number of ether oxygens (including phenoxy) is 2. The number of methoxy groups -OCH3 is 1. The fourth-order valence-corrected chi connectivity index (χ4v) is 2.20. The summed E-state index contributed by atoms with van der Waals surface area (Å²) in [5.41, 5.74) is 0.835. The zero-order valence-electron chi connectivity index (χ0n) is 10.7. The van der Waals surface area contributed by atoms with Crippen LogP contribution in [0.4, 0.5) is 18.9 Å². The molecule has 0 spiro atoms. The molecule has 1 heterocycles. The van der Waals surface area contributed by atoms with Gasteiger partial charge in [-0.25, -0.2) is 4.79 Å². The number of alkyl halides is 3. The molecule has 0 saturated carbocycles. The van der Waals surface area contributed by atoms with E-state index in [1.165, 1.54) is 7.11 Å². The molecule has 0 aromatic carbocycles. The summed E-state index contributed by atoms with van der Waals surface area (Å²) in [6.45, 7) is -0.614. The summed E-state index contributed by atoms with van der Waals surface area (Å²) in [5.74, 6) is -1.41. The van der Waals surface area contributed by atoms with Gasteiger partial charge in [-0.2, -0.15) is 13.2 Å². The van der Waals surface area contributed by atoms with E-state index in [1.54, 1.807) is 12.3 Å². The summed E-state index contributed by atoms with van der Waals surface area (Å²) >= 11 is 1.07. The van der Waals surface area contributed by atoms with Crippen molar-refractivity contribution >= 4 is 28.9 Å². The van der Waals surface area contributed by atoms with E-state index in [-0.39, 0.29) is 10.6 Å². The van der Waals surface area contributed by atoms with Crippen molar-refractivity contribution in [2.75, 3.05) is 25.6 Å². The van der Waals surface area contributed by atoms with Crippen molar-refractivity contribution in [3.63, 3.8) is 0 Å². The smallest absolute Gasteiger partial charge is 0.411 e. The fourth-order valence-electron chi connectivity index (χ4n) is 1.28. The molecule has 0 aliphatic carbocycles. The van der Waals surface area contributed by atoms with Gasteiger partial charge in [0, 0.05) is 0 Å². The number of nitrogens with one attached hydrogen (secondary N) is 1. The molecule has 1 rings (SSSR count). The summed E-state index contributed by atoms with van der Waals surface area (Å²) in [6.07, 6.45) is -4.49. The van der Waals surface area contributed by atoms with Crippen LogP contribution in [0.3, 0.4) is 0 Å². The Kier molecular flexibility index (Phi) is 5.52.